The molecule has 1 fully saturated rings. The molecule has 2 N–H and O–H groups in total. The summed E-state index contributed by atoms with van der Waals surface area (Å²) in [5, 5.41) is 18.8. The van der Waals surface area contributed by atoms with E-state index in [0.29, 0.717) is 24.2 Å². The van der Waals surface area contributed by atoms with E-state index in [1.54, 1.807) is 12.2 Å². The third-order valence-electron chi connectivity index (χ3n) is 5.43. The molecule has 0 aromatic heterocycles. The number of aliphatic hydroxyl groups is 2. The lowest BCUT2D eigenvalue weighted by Crippen LogP contribution is -2.17. The first kappa shape index (κ1) is 18.3. The monoisotopic (exact) mass is 366 g/mol. The lowest BCUT2D eigenvalue weighted by molar-refractivity contribution is -0.0549. The van der Waals surface area contributed by atoms with Gasteiger partial charge in [0.15, 0.2) is 17.0 Å². The van der Waals surface area contributed by atoms with Gasteiger partial charge in [-0.05, 0) is 54.9 Å². The Labute approximate surface area is 148 Å². The Kier molecular flexibility index (Phi) is 5.41. The number of halogens is 1. The fourth-order valence-corrected chi connectivity index (χ4v) is 4.64. The number of hydrogen-bond donors (Lipinski definition) is 3. The molecule has 25 heavy (non-hydrogen) atoms. The summed E-state index contributed by atoms with van der Waals surface area (Å²) in [7, 11) is -2.51. The minimum absolute atomic E-state index is 0.0831. The van der Waals surface area contributed by atoms with Crippen LogP contribution in [0.3, 0.4) is 0 Å². The first-order chi connectivity index (χ1) is 11.9. The van der Waals surface area contributed by atoms with Gasteiger partial charge in [0.05, 0.1) is 0 Å². The van der Waals surface area contributed by atoms with E-state index in [1.807, 2.05) is 13.0 Å². The van der Waals surface area contributed by atoms with E-state index in [1.165, 1.54) is 6.08 Å². The Morgan fingerprint density at radius 2 is 2.08 bits per heavy atom. The summed E-state index contributed by atoms with van der Waals surface area (Å²) in [4.78, 5) is 0.446. The molecule has 0 aliphatic heterocycles. The molecule has 3 aliphatic rings. The van der Waals surface area contributed by atoms with Crippen molar-refractivity contribution < 1.29 is 23.0 Å². The average molecular weight is 366 g/mol. The highest BCUT2D eigenvalue weighted by Crippen LogP contribution is 2.51. The standard InChI is InChI=1S/C19H23FO4S/c1-11-16(8-12-2-5-14(6-3-12)25(23)24)15-7-4-13(20)9-18(15)17(11)10-19(21)22/h2,4-5,8-9,11,15,17,19,21-22,25H,3,6-7,10H2,1H3/b16-8-/t11-,15+,17-/m1/s1. The van der Waals surface area contributed by atoms with Crippen molar-refractivity contribution in [3.63, 3.8) is 0 Å². The fourth-order valence-electron chi connectivity index (χ4n) is 4.15. The number of rotatable bonds is 4. The van der Waals surface area contributed by atoms with Gasteiger partial charge in [-0.15, -0.1) is 0 Å². The highest BCUT2D eigenvalue weighted by atomic mass is 32.2. The molecule has 0 spiro atoms. The van der Waals surface area contributed by atoms with Crippen LogP contribution in [0.1, 0.15) is 32.6 Å². The topological polar surface area (TPSA) is 74.6 Å². The van der Waals surface area contributed by atoms with Crippen molar-refractivity contribution in [3.8, 4) is 0 Å². The van der Waals surface area contributed by atoms with Gasteiger partial charge >= 0.3 is 0 Å². The third-order valence-corrected chi connectivity index (χ3v) is 6.27. The second-order valence-corrected chi connectivity index (χ2v) is 8.02. The number of hydrogen-bond acceptors (Lipinski definition) is 4. The Hall–Kier alpha value is -1.50. The molecule has 0 radical (unpaired) electrons. The molecule has 136 valence electrons. The van der Waals surface area contributed by atoms with Crippen LogP contribution in [-0.2, 0) is 10.7 Å². The summed E-state index contributed by atoms with van der Waals surface area (Å²) >= 11 is 0. The van der Waals surface area contributed by atoms with Crippen molar-refractivity contribution in [1.82, 2.24) is 0 Å². The molecule has 0 unspecified atom stereocenters. The summed E-state index contributed by atoms with van der Waals surface area (Å²) in [6, 6.07) is 0. The second kappa shape index (κ2) is 7.40. The van der Waals surface area contributed by atoms with Crippen LogP contribution in [0.5, 0.6) is 0 Å². The first-order valence-corrected chi connectivity index (χ1v) is 9.73. The van der Waals surface area contributed by atoms with Gasteiger partial charge in [0.25, 0.3) is 0 Å². The minimum atomic E-state index is -2.51. The molecule has 3 rings (SSSR count). The van der Waals surface area contributed by atoms with E-state index >= 15 is 0 Å². The number of fused-ring (bicyclic) bond motifs is 1. The maximum atomic E-state index is 13.7. The molecule has 4 nitrogen and oxygen atoms in total. The van der Waals surface area contributed by atoms with Gasteiger partial charge in [-0.2, -0.15) is 0 Å². The molecule has 0 amide bonds. The van der Waals surface area contributed by atoms with Crippen LogP contribution >= 0.6 is 0 Å². The molecular formula is C19H23FO4S. The zero-order valence-electron chi connectivity index (χ0n) is 14.1. The zero-order valence-corrected chi connectivity index (χ0v) is 15.0. The van der Waals surface area contributed by atoms with Crippen molar-refractivity contribution in [2.75, 3.05) is 0 Å². The van der Waals surface area contributed by atoms with Gasteiger partial charge in [-0.1, -0.05) is 30.2 Å². The SMILES string of the molecule is C[C@@H]1/C(=C/C2=CC=C([SH](=O)=O)CC2)[C@@H]2CC=C(F)C=C2[C@@H]1CC(O)O. The average Bonchev–Trinajstić information content (AvgIpc) is 2.80. The van der Waals surface area contributed by atoms with Crippen LogP contribution in [0.4, 0.5) is 4.39 Å². The van der Waals surface area contributed by atoms with Crippen LogP contribution in [0.15, 0.2) is 57.8 Å². The normalized spacial score (nSPS) is 31.0. The molecule has 3 atom stereocenters. The molecule has 0 bridgehead atoms. The molecule has 3 aliphatic carbocycles. The predicted molar refractivity (Wildman–Crippen MR) is 94.7 cm³/mol. The largest absolute Gasteiger partial charge is 0.368 e. The minimum Gasteiger partial charge on any atom is -0.368 e. The summed E-state index contributed by atoms with van der Waals surface area (Å²) in [5.41, 5.74) is 3.15. The van der Waals surface area contributed by atoms with Gasteiger partial charge in [0.1, 0.15) is 5.83 Å². The van der Waals surface area contributed by atoms with Crippen LogP contribution in [0.25, 0.3) is 0 Å². The zero-order chi connectivity index (χ0) is 18.1. The van der Waals surface area contributed by atoms with Gasteiger partial charge in [-0.3, -0.25) is 0 Å². The Morgan fingerprint density at radius 1 is 1.32 bits per heavy atom. The number of allylic oxidation sites excluding steroid dienone is 10. The van der Waals surface area contributed by atoms with Gasteiger partial charge < -0.3 is 10.2 Å². The van der Waals surface area contributed by atoms with Crippen molar-refractivity contribution >= 4 is 10.7 Å². The summed E-state index contributed by atoms with van der Waals surface area (Å²) in [5.74, 6) is -0.191. The Bertz CT molecular complexity index is 775. The van der Waals surface area contributed by atoms with E-state index in [9.17, 15) is 23.0 Å². The molecule has 0 saturated heterocycles. The number of aliphatic hydroxyl groups excluding tert-OH is 1. The molecule has 0 aromatic carbocycles. The van der Waals surface area contributed by atoms with Crippen LogP contribution in [-0.4, -0.2) is 24.9 Å². The molecular weight excluding hydrogens is 343 g/mol. The summed E-state index contributed by atoms with van der Waals surface area (Å²) in [6.07, 6.45) is 9.19. The van der Waals surface area contributed by atoms with Crippen molar-refractivity contribution in [3.05, 3.63) is 57.8 Å². The van der Waals surface area contributed by atoms with E-state index < -0.39 is 17.0 Å². The molecule has 0 aromatic rings. The third kappa shape index (κ3) is 3.86. The molecule has 1 saturated carbocycles. The molecule has 0 heterocycles. The smallest absolute Gasteiger partial charge is 0.164 e. The molecule has 6 heteroatoms. The predicted octanol–water partition coefficient (Wildman–Crippen LogP) is 2.89. The highest BCUT2D eigenvalue weighted by Gasteiger charge is 2.41. The van der Waals surface area contributed by atoms with E-state index in [4.69, 9.17) is 0 Å². The van der Waals surface area contributed by atoms with Crippen LogP contribution in [0, 0.1) is 17.8 Å². The Morgan fingerprint density at radius 3 is 2.68 bits per heavy atom. The number of thiol groups is 1. The van der Waals surface area contributed by atoms with Crippen LogP contribution < -0.4 is 0 Å². The van der Waals surface area contributed by atoms with Gasteiger partial charge in [0, 0.05) is 17.2 Å². The van der Waals surface area contributed by atoms with Crippen molar-refractivity contribution in [2.45, 2.75) is 38.9 Å². The van der Waals surface area contributed by atoms with Crippen molar-refractivity contribution in [1.29, 1.82) is 0 Å². The highest BCUT2D eigenvalue weighted by molar-refractivity contribution is 7.76. The van der Waals surface area contributed by atoms with E-state index in [-0.39, 0.29) is 30.0 Å². The van der Waals surface area contributed by atoms with Crippen molar-refractivity contribution in [2.24, 2.45) is 17.8 Å². The maximum Gasteiger partial charge on any atom is 0.164 e. The Balaban J connectivity index is 1.93. The van der Waals surface area contributed by atoms with Crippen LogP contribution in [0.2, 0.25) is 0 Å². The van der Waals surface area contributed by atoms with Gasteiger partial charge in [0.2, 0.25) is 0 Å². The maximum absolute atomic E-state index is 13.7. The van der Waals surface area contributed by atoms with Gasteiger partial charge in [-0.25, -0.2) is 12.8 Å². The quantitative estimate of drug-likeness (QED) is 0.528. The van der Waals surface area contributed by atoms with E-state index in [0.717, 1.165) is 16.7 Å². The fraction of sp³-hybridized carbons (Fsp3) is 0.474. The summed E-state index contributed by atoms with van der Waals surface area (Å²) in [6.45, 7) is 2.04. The lowest BCUT2D eigenvalue weighted by Gasteiger charge is -2.20. The first-order valence-electron chi connectivity index (χ1n) is 8.55. The van der Waals surface area contributed by atoms with E-state index in [2.05, 4.69) is 6.08 Å². The second-order valence-electron chi connectivity index (χ2n) is 6.93. The lowest BCUT2D eigenvalue weighted by atomic mass is 9.87. The summed E-state index contributed by atoms with van der Waals surface area (Å²) < 4.78 is 35.8.